The molecule has 0 bridgehead atoms. The molecule has 1 aliphatic rings. The van der Waals surface area contributed by atoms with E-state index in [0.717, 1.165) is 37.2 Å². The van der Waals surface area contributed by atoms with Crippen LogP contribution in [0.25, 0.3) is 11.3 Å². The highest BCUT2D eigenvalue weighted by molar-refractivity contribution is 5.99. The average Bonchev–Trinajstić information content (AvgIpc) is 3.13. The maximum atomic E-state index is 13.2. The summed E-state index contributed by atoms with van der Waals surface area (Å²) >= 11 is 0. The van der Waals surface area contributed by atoms with Crippen molar-refractivity contribution in [3.05, 3.63) is 77.5 Å². The molecule has 0 saturated carbocycles. The van der Waals surface area contributed by atoms with Gasteiger partial charge in [-0.1, -0.05) is 60.2 Å². The van der Waals surface area contributed by atoms with Gasteiger partial charge in [-0.15, -0.1) is 0 Å². The molecule has 0 unspecified atom stereocenters. The number of amides is 1. The summed E-state index contributed by atoms with van der Waals surface area (Å²) in [6.07, 6.45) is 5.30. The molecule has 27 heavy (non-hydrogen) atoms. The summed E-state index contributed by atoms with van der Waals surface area (Å²) in [5, 5.41) is 4.79. The quantitative estimate of drug-likeness (QED) is 0.686. The molecule has 1 aliphatic heterocycles. The molecule has 0 atom stereocenters. The van der Waals surface area contributed by atoms with Crippen molar-refractivity contribution in [1.29, 1.82) is 0 Å². The van der Waals surface area contributed by atoms with E-state index in [9.17, 15) is 4.79 Å². The Kier molecular flexibility index (Phi) is 5.05. The molecule has 1 fully saturated rings. The Labute approximate surface area is 160 Å². The number of carbonyl (C=O) groups excluding carboxylic acids is 1. The molecule has 0 radical (unpaired) electrons. The molecular formula is C23H25N3O. The Balaban J connectivity index is 1.70. The van der Waals surface area contributed by atoms with Gasteiger partial charge in [0, 0.05) is 24.8 Å². The zero-order valence-electron chi connectivity index (χ0n) is 15.8. The number of hydrogen-bond donors (Lipinski definition) is 0. The van der Waals surface area contributed by atoms with Gasteiger partial charge in [-0.3, -0.25) is 9.48 Å². The highest BCUT2D eigenvalue weighted by atomic mass is 16.2. The number of rotatable bonds is 4. The summed E-state index contributed by atoms with van der Waals surface area (Å²) < 4.78 is 1.89. The Bertz CT molecular complexity index is 907. The lowest BCUT2D eigenvalue weighted by Gasteiger charge is -2.26. The van der Waals surface area contributed by atoms with E-state index in [2.05, 4.69) is 43.3 Å². The summed E-state index contributed by atoms with van der Waals surface area (Å²) in [7, 11) is 0. The lowest BCUT2D eigenvalue weighted by atomic mass is 10.0. The minimum atomic E-state index is 0.101. The number of benzene rings is 2. The molecule has 0 aliphatic carbocycles. The van der Waals surface area contributed by atoms with Crippen molar-refractivity contribution in [3.63, 3.8) is 0 Å². The van der Waals surface area contributed by atoms with Crippen molar-refractivity contribution >= 4 is 5.91 Å². The first-order valence-electron chi connectivity index (χ1n) is 9.68. The fourth-order valence-corrected chi connectivity index (χ4v) is 3.62. The van der Waals surface area contributed by atoms with Gasteiger partial charge in [-0.2, -0.15) is 5.10 Å². The number of hydrogen-bond acceptors (Lipinski definition) is 2. The van der Waals surface area contributed by atoms with Crippen LogP contribution in [-0.2, 0) is 6.54 Å². The third kappa shape index (κ3) is 3.95. The van der Waals surface area contributed by atoms with Crippen LogP contribution in [0.5, 0.6) is 0 Å². The number of aromatic nitrogens is 2. The number of aryl methyl sites for hydroxylation is 1. The van der Waals surface area contributed by atoms with E-state index in [1.54, 1.807) is 0 Å². The average molecular weight is 359 g/mol. The molecule has 1 amide bonds. The van der Waals surface area contributed by atoms with Gasteiger partial charge in [-0.25, -0.2) is 0 Å². The topological polar surface area (TPSA) is 38.1 Å². The van der Waals surface area contributed by atoms with Crippen LogP contribution < -0.4 is 0 Å². The van der Waals surface area contributed by atoms with Gasteiger partial charge in [0.1, 0.15) is 5.69 Å². The molecule has 0 N–H and O–H groups in total. The first-order chi connectivity index (χ1) is 13.2. The Morgan fingerprint density at radius 2 is 1.67 bits per heavy atom. The van der Waals surface area contributed by atoms with Crippen molar-refractivity contribution in [1.82, 2.24) is 14.7 Å². The van der Waals surface area contributed by atoms with E-state index in [1.807, 2.05) is 34.0 Å². The van der Waals surface area contributed by atoms with Crippen molar-refractivity contribution in [2.24, 2.45) is 0 Å². The van der Waals surface area contributed by atoms with Gasteiger partial charge in [0.15, 0.2) is 0 Å². The van der Waals surface area contributed by atoms with Crippen molar-refractivity contribution in [3.8, 4) is 11.3 Å². The van der Waals surface area contributed by atoms with Crippen LogP contribution in [0.1, 0.15) is 40.7 Å². The Morgan fingerprint density at radius 1 is 0.963 bits per heavy atom. The minimum Gasteiger partial charge on any atom is -0.339 e. The third-order valence-corrected chi connectivity index (χ3v) is 5.15. The number of carbonyl (C=O) groups is 1. The minimum absolute atomic E-state index is 0.101. The predicted molar refractivity (Wildman–Crippen MR) is 108 cm³/mol. The van der Waals surface area contributed by atoms with Gasteiger partial charge in [-0.05, 0) is 31.7 Å². The molecule has 0 spiro atoms. The predicted octanol–water partition coefficient (Wildman–Crippen LogP) is 4.53. The van der Waals surface area contributed by atoms with E-state index in [0.29, 0.717) is 12.1 Å². The van der Waals surface area contributed by atoms with E-state index in [4.69, 9.17) is 5.10 Å². The van der Waals surface area contributed by atoms with Crippen molar-refractivity contribution in [2.75, 3.05) is 13.1 Å². The Hall–Kier alpha value is -2.88. The van der Waals surface area contributed by atoms with Crippen LogP contribution in [0.2, 0.25) is 0 Å². The molecular weight excluding hydrogens is 334 g/mol. The van der Waals surface area contributed by atoms with E-state index in [1.165, 1.54) is 17.5 Å². The van der Waals surface area contributed by atoms with Crippen LogP contribution in [0.15, 0.2) is 60.8 Å². The smallest absolute Gasteiger partial charge is 0.257 e. The molecule has 1 aromatic heterocycles. The summed E-state index contributed by atoms with van der Waals surface area (Å²) in [4.78, 5) is 15.2. The molecule has 1 saturated heterocycles. The summed E-state index contributed by atoms with van der Waals surface area (Å²) in [5.74, 6) is 0.101. The maximum Gasteiger partial charge on any atom is 0.257 e. The zero-order valence-corrected chi connectivity index (χ0v) is 15.8. The van der Waals surface area contributed by atoms with Crippen molar-refractivity contribution < 1.29 is 4.79 Å². The SMILES string of the molecule is Cc1ccc(-c2nn(Cc3ccccc3)cc2C(=O)N2CCCCC2)cc1. The zero-order chi connectivity index (χ0) is 18.6. The second kappa shape index (κ2) is 7.78. The highest BCUT2D eigenvalue weighted by Gasteiger charge is 2.24. The van der Waals surface area contributed by atoms with Gasteiger partial charge in [0.2, 0.25) is 0 Å². The van der Waals surface area contributed by atoms with E-state index in [-0.39, 0.29) is 5.91 Å². The number of piperidine rings is 1. The summed E-state index contributed by atoms with van der Waals surface area (Å²) in [6, 6.07) is 18.5. The van der Waals surface area contributed by atoms with Crippen LogP contribution in [0.3, 0.4) is 0 Å². The van der Waals surface area contributed by atoms with Gasteiger partial charge < -0.3 is 4.90 Å². The molecule has 3 aromatic rings. The highest BCUT2D eigenvalue weighted by Crippen LogP contribution is 2.25. The molecule has 4 nitrogen and oxygen atoms in total. The normalized spacial score (nSPS) is 14.3. The second-order valence-corrected chi connectivity index (χ2v) is 7.29. The number of nitrogens with zero attached hydrogens (tertiary/aromatic N) is 3. The molecule has 2 heterocycles. The fraction of sp³-hybridized carbons (Fsp3) is 0.304. The van der Waals surface area contributed by atoms with Crippen LogP contribution in [-0.4, -0.2) is 33.7 Å². The molecule has 138 valence electrons. The van der Waals surface area contributed by atoms with E-state index >= 15 is 0 Å². The Morgan fingerprint density at radius 3 is 2.37 bits per heavy atom. The summed E-state index contributed by atoms with van der Waals surface area (Å²) in [6.45, 7) is 4.41. The molecule has 4 heteroatoms. The van der Waals surface area contributed by atoms with Crippen molar-refractivity contribution in [2.45, 2.75) is 32.7 Å². The molecule has 4 rings (SSSR count). The van der Waals surface area contributed by atoms with Gasteiger partial charge in [0.05, 0.1) is 12.1 Å². The monoisotopic (exact) mass is 359 g/mol. The van der Waals surface area contributed by atoms with Crippen LogP contribution in [0, 0.1) is 6.92 Å². The lowest BCUT2D eigenvalue weighted by Crippen LogP contribution is -2.35. The fourth-order valence-electron chi connectivity index (χ4n) is 3.62. The van der Waals surface area contributed by atoms with E-state index < -0.39 is 0 Å². The first kappa shape index (κ1) is 17.5. The maximum absolute atomic E-state index is 13.2. The van der Waals surface area contributed by atoms with Crippen LogP contribution in [0.4, 0.5) is 0 Å². The lowest BCUT2D eigenvalue weighted by molar-refractivity contribution is 0.0725. The standard InChI is InChI=1S/C23H25N3O/c1-18-10-12-20(13-11-18)22-21(23(27)25-14-6-3-7-15-25)17-26(24-22)16-19-8-4-2-5-9-19/h2,4-5,8-13,17H,3,6-7,14-16H2,1H3. The molecule has 2 aromatic carbocycles. The third-order valence-electron chi connectivity index (χ3n) is 5.15. The second-order valence-electron chi connectivity index (χ2n) is 7.29. The first-order valence-corrected chi connectivity index (χ1v) is 9.68. The van der Waals surface area contributed by atoms with Crippen LogP contribution >= 0.6 is 0 Å². The van der Waals surface area contributed by atoms with Gasteiger partial charge in [0.25, 0.3) is 5.91 Å². The summed E-state index contributed by atoms with van der Waals surface area (Å²) in [5.41, 5.74) is 4.85. The largest absolute Gasteiger partial charge is 0.339 e. The van der Waals surface area contributed by atoms with Gasteiger partial charge >= 0.3 is 0 Å². The number of likely N-dealkylation sites (tertiary alicyclic amines) is 1.